The van der Waals surface area contributed by atoms with Crippen LogP contribution in [0.3, 0.4) is 0 Å². The molecule has 0 spiro atoms. The Labute approximate surface area is 78.7 Å². The molecule has 1 aromatic rings. The van der Waals surface area contributed by atoms with Gasteiger partial charge in [-0.15, -0.1) is 6.58 Å². The molecule has 0 aromatic heterocycles. The smallest absolute Gasteiger partial charge is 0.115 e. The first-order chi connectivity index (χ1) is 6.15. The third-order valence-corrected chi connectivity index (χ3v) is 3.07. The van der Waals surface area contributed by atoms with Crippen LogP contribution in [0, 0.1) is 0 Å². The monoisotopic (exact) mass is 174 g/mol. The molecule has 1 N–H and O–H groups in total. The number of allylic oxidation sites excluding steroid dienone is 1. The molecule has 1 aliphatic rings. The highest BCUT2D eigenvalue weighted by molar-refractivity contribution is 5.45. The maximum Gasteiger partial charge on any atom is 0.115 e. The van der Waals surface area contributed by atoms with E-state index in [1.807, 2.05) is 18.2 Å². The first-order valence-electron chi connectivity index (χ1n) is 4.62. The lowest BCUT2D eigenvalue weighted by Crippen LogP contribution is -2.13. The van der Waals surface area contributed by atoms with E-state index in [0.29, 0.717) is 5.75 Å². The van der Waals surface area contributed by atoms with Gasteiger partial charge in [-0.05, 0) is 36.1 Å². The zero-order valence-electron chi connectivity index (χ0n) is 7.88. The Balaban J connectivity index is 2.55. The van der Waals surface area contributed by atoms with Gasteiger partial charge in [0.2, 0.25) is 0 Å². The van der Waals surface area contributed by atoms with Crippen LogP contribution in [0.2, 0.25) is 0 Å². The van der Waals surface area contributed by atoms with Crippen LogP contribution in [0.1, 0.15) is 24.5 Å². The van der Waals surface area contributed by atoms with Crippen molar-refractivity contribution in [2.45, 2.75) is 25.2 Å². The number of aryl methyl sites for hydroxylation is 1. The van der Waals surface area contributed by atoms with Crippen LogP contribution >= 0.6 is 0 Å². The molecule has 0 fully saturated rings. The van der Waals surface area contributed by atoms with E-state index in [1.165, 1.54) is 11.1 Å². The van der Waals surface area contributed by atoms with Crippen LogP contribution in [0.5, 0.6) is 5.75 Å². The Kier molecular flexibility index (Phi) is 1.69. The lowest BCUT2D eigenvalue weighted by molar-refractivity contribution is 0.474. The van der Waals surface area contributed by atoms with Crippen LogP contribution < -0.4 is 0 Å². The van der Waals surface area contributed by atoms with E-state index in [-0.39, 0.29) is 5.41 Å². The highest BCUT2D eigenvalue weighted by Crippen LogP contribution is 2.40. The van der Waals surface area contributed by atoms with Gasteiger partial charge in [-0.1, -0.05) is 19.1 Å². The van der Waals surface area contributed by atoms with Crippen molar-refractivity contribution >= 4 is 0 Å². The number of hydrogen-bond donors (Lipinski definition) is 1. The second kappa shape index (κ2) is 2.63. The minimum atomic E-state index is 0.114. The van der Waals surface area contributed by atoms with Crippen LogP contribution in [0.15, 0.2) is 30.9 Å². The summed E-state index contributed by atoms with van der Waals surface area (Å²) in [6.45, 7) is 6.07. The molecule has 0 aliphatic heterocycles. The third kappa shape index (κ3) is 1.15. The number of benzene rings is 1. The predicted molar refractivity (Wildman–Crippen MR) is 54.0 cm³/mol. The molecule has 2 rings (SSSR count). The van der Waals surface area contributed by atoms with Crippen LogP contribution in [0.4, 0.5) is 0 Å². The number of fused-ring (bicyclic) bond motifs is 1. The Morgan fingerprint density at radius 3 is 3.00 bits per heavy atom. The quantitative estimate of drug-likeness (QED) is 0.649. The molecule has 0 heterocycles. The Bertz CT molecular complexity index is 354. The summed E-state index contributed by atoms with van der Waals surface area (Å²) in [5.41, 5.74) is 2.70. The third-order valence-electron chi connectivity index (χ3n) is 3.07. The number of phenols is 1. The highest BCUT2D eigenvalue weighted by Gasteiger charge is 2.31. The summed E-state index contributed by atoms with van der Waals surface area (Å²) in [5, 5.41) is 9.31. The molecule has 1 aliphatic carbocycles. The molecular formula is C12H14O. The van der Waals surface area contributed by atoms with Crippen molar-refractivity contribution in [1.82, 2.24) is 0 Å². The summed E-state index contributed by atoms with van der Waals surface area (Å²) >= 11 is 0. The number of aromatic hydroxyl groups is 1. The molecule has 1 heteroatoms. The summed E-state index contributed by atoms with van der Waals surface area (Å²) in [7, 11) is 0. The Hall–Kier alpha value is -1.24. The van der Waals surface area contributed by atoms with Gasteiger partial charge in [-0.25, -0.2) is 0 Å². The molecule has 13 heavy (non-hydrogen) atoms. The molecule has 1 atom stereocenters. The molecule has 0 saturated heterocycles. The minimum absolute atomic E-state index is 0.114. The zero-order chi connectivity index (χ0) is 9.47. The van der Waals surface area contributed by atoms with Gasteiger partial charge in [0.1, 0.15) is 5.75 Å². The number of hydrogen-bond acceptors (Lipinski definition) is 1. The van der Waals surface area contributed by atoms with Crippen molar-refractivity contribution in [3.05, 3.63) is 42.0 Å². The van der Waals surface area contributed by atoms with Crippen LogP contribution in [-0.4, -0.2) is 5.11 Å². The summed E-state index contributed by atoms with van der Waals surface area (Å²) in [6, 6.07) is 5.63. The Morgan fingerprint density at radius 2 is 2.31 bits per heavy atom. The second-order valence-electron chi connectivity index (χ2n) is 3.96. The lowest BCUT2D eigenvalue weighted by atomic mass is 9.84. The van der Waals surface area contributed by atoms with E-state index in [0.717, 1.165) is 12.8 Å². The molecule has 68 valence electrons. The Morgan fingerprint density at radius 1 is 1.54 bits per heavy atom. The first-order valence-corrected chi connectivity index (χ1v) is 4.62. The van der Waals surface area contributed by atoms with Gasteiger partial charge in [0.05, 0.1) is 0 Å². The van der Waals surface area contributed by atoms with E-state index in [4.69, 9.17) is 0 Å². The van der Waals surface area contributed by atoms with Gasteiger partial charge in [-0.3, -0.25) is 0 Å². The first kappa shape index (κ1) is 8.36. The van der Waals surface area contributed by atoms with E-state index < -0.39 is 0 Å². The van der Waals surface area contributed by atoms with E-state index in [2.05, 4.69) is 13.5 Å². The normalized spacial score (nSPS) is 25.6. The van der Waals surface area contributed by atoms with Gasteiger partial charge in [0.15, 0.2) is 0 Å². The molecule has 1 nitrogen and oxygen atoms in total. The fourth-order valence-electron chi connectivity index (χ4n) is 2.09. The maximum absolute atomic E-state index is 9.31. The van der Waals surface area contributed by atoms with Gasteiger partial charge < -0.3 is 5.11 Å². The van der Waals surface area contributed by atoms with Crippen molar-refractivity contribution < 1.29 is 5.11 Å². The summed E-state index contributed by atoms with van der Waals surface area (Å²) < 4.78 is 0. The van der Waals surface area contributed by atoms with Crippen molar-refractivity contribution in [3.8, 4) is 5.75 Å². The standard InChI is InChI=1S/C12H14O/c1-3-12(2)7-6-9-8-10(13)4-5-11(9)12/h3-5,8,13H,1,6-7H2,2H3. The van der Waals surface area contributed by atoms with Gasteiger partial charge in [-0.2, -0.15) is 0 Å². The molecular weight excluding hydrogens is 160 g/mol. The van der Waals surface area contributed by atoms with E-state index in [1.54, 1.807) is 6.07 Å². The molecule has 0 radical (unpaired) electrons. The van der Waals surface area contributed by atoms with Crippen molar-refractivity contribution in [2.24, 2.45) is 0 Å². The van der Waals surface area contributed by atoms with Crippen LogP contribution in [-0.2, 0) is 11.8 Å². The average molecular weight is 174 g/mol. The average Bonchev–Trinajstić information content (AvgIpc) is 2.45. The molecule has 0 amide bonds. The largest absolute Gasteiger partial charge is 0.508 e. The fourth-order valence-corrected chi connectivity index (χ4v) is 2.09. The number of rotatable bonds is 1. The van der Waals surface area contributed by atoms with Gasteiger partial charge >= 0.3 is 0 Å². The molecule has 0 saturated carbocycles. The summed E-state index contributed by atoms with van der Waals surface area (Å²) in [5.74, 6) is 0.368. The van der Waals surface area contributed by atoms with E-state index >= 15 is 0 Å². The zero-order valence-corrected chi connectivity index (χ0v) is 7.88. The van der Waals surface area contributed by atoms with E-state index in [9.17, 15) is 5.11 Å². The van der Waals surface area contributed by atoms with Crippen molar-refractivity contribution in [1.29, 1.82) is 0 Å². The minimum Gasteiger partial charge on any atom is -0.508 e. The highest BCUT2D eigenvalue weighted by atomic mass is 16.3. The van der Waals surface area contributed by atoms with Gasteiger partial charge in [0, 0.05) is 5.41 Å². The fraction of sp³-hybridized carbons (Fsp3) is 0.333. The summed E-state index contributed by atoms with van der Waals surface area (Å²) in [4.78, 5) is 0. The van der Waals surface area contributed by atoms with Crippen molar-refractivity contribution in [3.63, 3.8) is 0 Å². The molecule has 0 bridgehead atoms. The van der Waals surface area contributed by atoms with Crippen LogP contribution in [0.25, 0.3) is 0 Å². The predicted octanol–water partition coefficient (Wildman–Crippen LogP) is 2.78. The lowest BCUT2D eigenvalue weighted by Gasteiger charge is -2.19. The van der Waals surface area contributed by atoms with Crippen molar-refractivity contribution in [2.75, 3.05) is 0 Å². The topological polar surface area (TPSA) is 20.2 Å². The molecule has 1 unspecified atom stereocenters. The van der Waals surface area contributed by atoms with Gasteiger partial charge in [0.25, 0.3) is 0 Å². The maximum atomic E-state index is 9.31. The number of phenolic OH excluding ortho intramolecular Hbond substituents is 1. The molecule has 1 aromatic carbocycles. The second-order valence-corrected chi connectivity index (χ2v) is 3.96. The SMILES string of the molecule is C=CC1(C)CCc2cc(O)ccc21. The summed E-state index contributed by atoms with van der Waals surface area (Å²) in [6.07, 6.45) is 4.16.